The number of halogens is 1. The third kappa shape index (κ3) is 2.85. The van der Waals surface area contributed by atoms with Gasteiger partial charge in [-0.3, -0.25) is 4.79 Å². The number of carbonyl (C=O) groups is 1. The first kappa shape index (κ1) is 17.3. The molecule has 140 valence electrons. The summed E-state index contributed by atoms with van der Waals surface area (Å²) in [6.45, 7) is 3.79. The van der Waals surface area contributed by atoms with Gasteiger partial charge >= 0.3 is 0 Å². The average molecular weight is 359 g/mol. The minimum Gasteiger partial charge on any atom is -0.513 e. The molecule has 2 saturated heterocycles. The zero-order valence-electron chi connectivity index (χ0n) is 15.2. The molecule has 2 atom stereocenters. The lowest BCUT2D eigenvalue weighted by Gasteiger charge is -2.40. The van der Waals surface area contributed by atoms with Crippen LogP contribution in [0.15, 0.2) is 24.1 Å². The summed E-state index contributed by atoms with van der Waals surface area (Å²) in [5.41, 5.74) is 0.169. The van der Waals surface area contributed by atoms with E-state index >= 15 is 0 Å². The Hall–Kier alpha value is -2.11. The van der Waals surface area contributed by atoms with Crippen molar-refractivity contribution in [2.45, 2.75) is 51.5 Å². The van der Waals surface area contributed by atoms with Crippen LogP contribution in [0.1, 0.15) is 44.1 Å². The van der Waals surface area contributed by atoms with Crippen molar-refractivity contribution >= 4 is 11.7 Å². The summed E-state index contributed by atoms with van der Waals surface area (Å²) in [5, 5.41) is 9.60. The van der Waals surface area contributed by atoms with E-state index in [4.69, 9.17) is 0 Å². The summed E-state index contributed by atoms with van der Waals surface area (Å²) in [6.07, 6.45) is 8.23. The Balaban J connectivity index is 1.53. The minimum absolute atomic E-state index is 0.182. The van der Waals surface area contributed by atoms with Gasteiger partial charge in [0.05, 0.1) is 11.2 Å². The van der Waals surface area contributed by atoms with Crippen LogP contribution in [0.2, 0.25) is 0 Å². The van der Waals surface area contributed by atoms with E-state index in [1.165, 1.54) is 0 Å². The SMILES string of the molecule is Cc1ccnc(N2CCC[C@@]3(CCN([C@@H]4CC=C(O)CC4)C3=O)C2)c1F. The molecule has 3 heterocycles. The van der Waals surface area contributed by atoms with Gasteiger partial charge in [0.15, 0.2) is 11.6 Å². The molecule has 1 aromatic heterocycles. The molecule has 0 bridgehead atoms. The highest BCUT2D eigenvalue weighted by Gasteiger charge is 2.50. The van der Waals surface area contributed by atoms with Crippen LogP contribution in [-0.2, 0) is 4.79 Å². The maximum atomic E-state index is 14.5. The fourth-order valence-electron chi connectivity index (χ4n) is 4.72. The van der Waals surface area contributed by atoms with Gasteiger partial charge in [-0.05, 0) is 56.7 Å². The first-order chi connectivity index (χ1) is 12.5. The van der Waals surface area contributed by atoms with Crippen molar-refractivity contribution < 1.29 is 14.3 Å². The summed E-state index contributed by atoms with van der Waals surface area (Å²) in [6, 6.07) is 1.86. The second kappa shape index (κ2) is 6.56. The first-order valence-electron chi connectivity index (χ1n) is 9.55. The van der Waals surface area contributed by atoms with Crippen LogP contribution in [0, 0.1) is 18.2 Å². The van der Waals surface area contributed by atoms with E-state index in [9.17, 15) is 14.3 Å². The Morgan fingerprint density at radius 3 is 2.96 bits per heavy atom. The van der Waals surface area contributed by atoms with Gasteiger partial charge in [-0.25, -0.2) is 9.37 Å². The summed E-state index contributed by atoms with van der Waals surface area (Å²) >= 11 is 0. The van der Waals surface area contributed by atoms with Crippen molar-refractivity contribution in [2.75, 3.05) is 24.5 Å². The maximum absolute atomic E-state index is 14.5. The Labute approximate surface area is 153 Å². The average Bonchev–Trinajstić information content (AvgIpc) is 2.94. The van der Waals surface area contributed by atoms with Gasteiger partial charge < -0.3 is 14.9 Å². The molecular formula is C20H26FN3O2. The number of aryl methyl sites for hydroxylation is 1. The van der Waals surface area contributed by atoms with Crippen molar-refractivity contribution in [3.05, 3.63) is 35.5 Å². The number of aliphatic hydroxyl groups is 1. The molecule has 1 N–H and O–H groups in total. The van der Waals surface area contributed by atoms with E-state index in [1.807, 2.05) is 15.9 Å². The number of aromatic nitrogens is 1. The van der Waals surface area contributed by atoms with Gasteiger partial charge in [-0.1, -0.05) is 0 Å². The van der Waals surface area contributed by atoms with Gasteiger partial charge in [0.1, 0.15) is 0 Å². The van der Waals surface area contributed by atoms with Crippen LogP contribution >= 0.6 is 0 Å². The minimum atomic E-state index is -0.417. The summed E-state index contributed by atoms with van der Waals surface area (Å²) in [5.74, 6) is 0.739. The Morgan fingerprint density at radius 2 is 2.19 bits per heavy atom. The third-order valence-electron chi connectivity index (χ3n) is 6.29. The topological polar surface area (TPSA) is 56.7 Å². The molecular weight excluding hydrogens is 333 g/mol. The van der Waals surface area contributed by atoms with Gasteiger partial charge in [-0.15, -0.1) is 0 Å². The van der Waals surface area contributed by atoms with Gasteiger partial charge in [-0.2, -0.15) is 0 Å². The number of rotatable bonds is 2. The first-order valence-corrected chi connectivity index (χ1v) is 9.55. The zero-order chi connectivity index (χ0) is 18.3. The molecule has 0 aromatic carbocycles. The highest BCUT2D eigenvalue weighted by molar-refractivity contribution is 5.86. The number of hydrogen-bond acceptors (Lipinski definition) is 4. The van der Waals surface area contributed by atoms with E-state index in [-0.39, 0.29) is 17.8 Å². The Bertz CT molecular complexity index is 751. The molecule has 1 spiro atoms. The number of nitrogens with zero attached hydrogens (tertiary/aromatic N) is 3. The summed E-state index contributed by atoms with van der Waals surface area (Å²) in [4.78, 5) is 21.5. The highest BCUT2D eigenvalue weighted by atomic mass is 19.1. The number of carbonyl (C=O) groups excluding carboxylic acids is 1. The zero-order valence-corrected chi connectivity index (χ0v) is 15.2. The molecule has 1 amide bonds. The number of hydrogen-bond donors (Lipinski definition) is 1. The molecule has 0 unspecified atom stereocenters. The number of aliphatic hydroxyl groups excluding tert-OH is 1. The third-order valence-corrected chi connectivity index (χ3v) is 6.29. The summed E-state index contributed by atoms with van der Waals surface area (Å²) < 4.78 is 14.5. The number of anilines is 1. The molecule has 2 fully saturated rings. The fourth-order valence-corrected chi connectivity index (χ4v) is 4.72. The van der Waals surface area contributed by atoms with E-state index in [0.717, 1.165) is 45.2 Å². The lowest BCUT2D eigenvalue weighted by Crippen LogP contribution is -2.50. The Kier molecular flexibility index (Phi) is 4.37. The van der Waals surface area contributed by atoms with Crippen LogP contribution in [0.5, 0.6) is 0 Å². The fraction of sp³-hybridized carbons (Fsp3) is 0.600. The number of amides is 1. The van der Waals surface area contributed by atoms with E-state index in [0.29, 0.717) is 30.1 Å². The van der Waals surface area contributed by atoms with Crippen LogP contribution in [0.4, 0.5) is 10.2 Å². The van der Waals surface area contributed by atoms with Crippen molar-refractivity contribution in [3.8, 4) is 0 Å². The Morgan fingerprint density at radius 1 is 1.35 bits per heavy atom. The molecule has 6 heteroatoms. The van der Waals surface area contributed by atoms with Crippen LogP contribution in [0.3, 0.4) is 0 Å². The predicted octanol–water partition coefficient (Wildman–Crippen LogP) is 3.34. The maximum Gasteiger partial charge on any atom is 0.230 e. The predicted molar refractivity (Wildman–Crippen MR) is 97.5 cm³/mol. The monoisotopic (exact) mass is 359 g/mol. The lowest BCUT2D eigenvalue weighted by molar-refractivity contribution is -0.138. The quantitative estimate of drug-likeness (QED) is 0.880. The molecule has 2 aliphatic heterocycles. The van der Waals surface area contributed by atoms with Crippen LogP contribution < -0.4 is 4.90 Å². The van der Waals surface area contributed by atoms with Gasteiger partial charge in [0, 0.05) is 38.3 Å². The number of piperidine rings is 1. The number of pyridine rings is 1. The van der Waals surface area contributed by atoms with Crippen LogP contribution in [0.25, 0.3) is 0 Å². The van der Waals surface area contributed by atoms with Gasteiger partial charge in [0.2, 0.25) is 5.91 Å². The van der Waals surface area contributed by atoms with E-state index in [2.05, 4.69) is 4.98 Å². The van der Waals surface area contributed by atoms with Crippen molar-refractivity contribution in [1.29, 1.82) is 0 Å². The summed E-state index contributed by atoms with van der Waals surface area (Å²) in [7, 11) is 0. The van der Waals surface area contributed by atoms with Crippen molar-refractivity contribution in [1.82, 2.24) is 9.88 Å². The molecule has 4 rings (SSSR count). The standard InChI is InChI=1S/C20H26FN3O2/c1-14-7-10-22-18(17(14)21)23-11-2-8-20(13-23)9-12-24(19(20)26)15-3-5-16(25)6-4-15/h5,7,10,15,25H,2-4,6,8-9,11-13H2,1H3/t15-,20-/m1/s1. The number of likely N-dealkylation sites (tertiary alicyclic amines) is 1. The highest BCUT2D eigenvalue weighted by Crippen LogP contribution is 2.43. The molecule has 5 nitrogen and oxygen atoms in total. The molecule has 0 radical (unpaired) electrons. The molecule has 1 aliphatic carbocycles. The number of allylic oxidation sites excluding steroid dienone is 1. The molecule has 26 heavy (non-hydrogen) atoms. The molecule has 1 aromatic rings. The lowest BCUT2D eigenvalue weighted by atomic mass is 9.78. The second-order valence-electron chi connectivity index (χ2n) is 7.94. The van der Waals surface area contributed by atoms with E-state index in [1.54, 1.807) is 19.2 Å². The van der Waals surface area contributed by atoms with Crippen LogP contribution in [-0.4, -0.2) is 46.6 Å². The van der Waals surface area contributed by atoms with E-state index < -0.39 is 5.41 Å². The second-order valence-corrected chi connectivity index (χ2v) is 7.94. The smallest absolute Gasteiger partial charge is 0.230 e. The van der Waals surface area contributed by atoms with Crippen molar-refractivity contribution in [3.63, 3.8) is 0 Å². The van der Waals surface area contributed by atoms with Gasteiger partial charge in [0.25, 0.3) is 0 Å². The molecule has 3 aliphatic rings. The molecule has 0 saturated carbocycles. The van der Waals surface area contributed by atoms with Crippen molar-refractivity contribution in [2.24, 2.45) is 5.41 Å². The normalized spacial score (nSPS) is 29.4. The largest absolute Gasteiger partial charge is 0.513 e.